The number of fused-ring (bicyclic) bond motifs is 1. The summed E-state index contributed by atoms with van der Waals surface area (Å²) in [6.45, 7) is 3.96. The molecule has 8 heteroatoms. The van der Waals surface area contributed by atoms with Gasteiger partial charge in [-0.1, -0.05) is 6.07 Å². The lowest BCUT2D eigenvalue weighted by molar-refractivity contribution is -0.136. The minimum Gasteiger partial charge on any atom is -0.454 e. The predicted molar refractivity (Wildman–Crippen MR) is 91.2 cm³/mol. The molecule has 25 heavy (non-hydrogen) atoms. The second-order valence-corrected chi connectivity index (χ2v) is 9.12. The van der Waals surface area contributed by atoms with Crippen molar-refractivity contribution in [2.24, 2.45) is 5.92 Å². The van der Waals surface area contributed by atoms with Gasteiger partial charge in [-0.25, -0.2) is 8.42 Å². The van der Waals surface area contributed by atoms with Crippen LogP contribution in [0.3, 0.4) is 0 Å². The zero-order valence-corrected chi connectivity index (χ0v) is 14.8. The summed E-state index contributed by atoms with van der Waals surface area (Å²) >= 11 is 0. The third kappa shape index (κ3) is 3.59. The van der Waals surface area contributed by atoms with Crippen molar-refractivity contribution in [3.63, 3.8) is 0 Å². The van der Waals surface area contributed by atoms with E-state index in [1.54, 1.807) is 0 Å². The fraction of sp³-hybridized carbons (Fsp3) is 0.588. The van der Waals surface area contributed by atoms with Gasteiger partial charge in [0.25, 0.3) is 0 Å². The summed E-state index contributed by atoms with van der Waals surface area (Å²) in [5, 5.41) is 0. The summed E-state index contributed by atoms with van der Waals surface area (Å²) < 4.78 is 33.9. The predicted octanol–water partition coefficient (Wildman–Crippen LogP) is 0.494. The van der Waals surface area contributed by atoms with Gasteiger partial charge in [0.05, 0.1) is 17.4 Å². The Kier molecular flexibility index (Phi) is 4.33. The van der Waals surface area contributed by atoms with Crippen molar-refractivity contribution in [3.8, 4) is 11.5 Å². The molecular weight excluding hydrogens is 344 g/mol. The minimum absolute atomic E-state index is 0.00352. The molecule has 136 valence electrons. The maximum absolute atomic E-state index is 12.5. The second kappa shape index (κ2) is 6.49. The van der Waals surface area contributed by atoms with Gasteiger partial charge in [0.1, 0.15) is 0 Å². The molecule has 0 saturated carbocycles. The maximum atomic E-state index is 12.5. The topological polar surface area (TPSA) is 76.2 Å². The van der Waals surface area contributed by atoms with E-state index < -0.39 is 9.84 Å². The van der Waals surface area contributed by atoms with E-state index in [0.29, 0.717) is 19.5 Å². The molecule has 0 radical (unpaired) electrons. The van der Waals surface area contributed by atoms with Gasteiger partial charge in [-0.05, 0) is 24.1 Å². The highest BCUT2D eigenvalue weighted by molar-refractivity contribution is 7.91. The van der Waals surface area contributed by atoms with Gasteiger partial charge in [-0.15, -0.1) is 0 Å². The van der Waals surface area contributed by atoms with Crippen molar-refractivity contribution in [1.82, 2.24) is 9.80 Å². The number of nitrogens with zero attached hydrogens (tertiary/aromatic N) is 2. The monoisotopic (exact) mass is 366 g/mol. The molecule has 1 amide bonds. The molecule has 7 nitrogen and oxygen atoms in total. The molecule has 0 aliphatic carbocycles. The highest BCUT2D eigenvalue weighted by Gasteiger charge is 2.36. The first-order valence-corrected chi connectivity index (χ1v) is 10.4. The first-order valence-electron chi connectivity index (χ1n) is 8.60. The molecule has 2 fully saturated rings. The summed E-state index contributed by atoms with van der Waals surface area (Å²) in [5.41, 5.74) is 1.16. The third-order valence-corrected chi connectivity index (χ3v) is 6.88. The molecule has 3 aliphatic rings. The minimum atomic E-state index is -3.02. The molecule has 0 N–H and O–H groups in total. The summed E-state index contributed by atoms with van der Waals surface area (Å²) in [6, 6.07) is 5.97. The Bertz CT molecular complexity index is 771. The fourth-order valence-corrected chi connectivity index (χ4v) is 5.40. The molecule has 3 heterocycles. The Morgan fingerprint density at radius 1 is 1.12 bits per heavy atom. The van der Waals surface area contributed by atoms with Crippen LogP contribution in [0.4, 0.5) is 0 Å². The zero-order valence-electron chi connectivity index (χ0n) is 14.0. The van der Waals surface area contributed by atoms with E-state index in [4.69, 9.17) is 9.47 Å². The zero-order chi connectivity index (χ0) is 17.4. The highest BCUT2D eigenvalue weighted by atomic mass is 32.2. The molecule has 1 aromatic rings. The number of amides is 1. The van der Waals surface area contributed by atoms with Crippen LogP contribution in [0.2, 0.25) is 0 Å². The Hall–Kier alpha value is -1.80. The number of rotatable bonds is 3. The van der Waals surface area contributed by atoms with Gasteiger partial charge in [0.15, 0.2) is 21.3 Å². The van der Waals surface area contributed by atoms with Crippen LogP contribution in [0, 0.1) is 5.92 Å². The Morgan fingerprint density at radius 3 is 2.60 bits per heavy atom. The summed E-state index contributed by atoms with van der Waals surface area (Å²) in [7, 11) is -3.02. The summed E-state index contributed by atoms with van der Waals surface area (Å²) in [4.78, 5) is 16.6. The van der Waals surface area contributed by atoms with Crippen LogP contribution < -0.4 is 9.47 Å². The molecule has 1 aromatic carbocycles. The van der Waals surface area contributed by atoms with Crippen LogP contribution in [-0.4, -0.2) is 68.6 Å². The van der Waals surface area contributed by atoms with Gasteiger partial charge in [-0.3, -0.25) is 9.69 Å². The lowest BCUT2D eigenvalue weighted by Gasteiger charge is -2.35. The van der Waals surface area contributed by atoms with E-state index in [1.807, 2.05) is 23.1 Å². The van der Waals surface area contributed by atoms with E-state index in [2.05, 4.69) is 4.90 Å². The average molecular weight is 366 g/mol. The lowest BCUT2D eigenvalue weighted by atomic mass is 10.1. The normalized spacial score (nSPS) is 25.3. The third-order valence-electron chi connectivity index (χ3n) is 5.11. The average Bonchev–Trinajstić information content (AvgIpc) is 3.20. The number of sulfone groups is 1. The van der Waals surface area contributed by atoms with E-state index in [0.717, 1.165) is 36.7 Å². The molecule has 0 spiro atoms. The first kappa shape index (κ1) is 16.7. The van der Waals surface area contributed by atoms with Crippen LogP contribution >= 0.6 is 0 Å². The van der Waals surface area contributed by atoms with E-state index in [9.17, 15) is 13.2 Å². The van der Waals surface area contributed by atoms with Crippen LogP contribution in [0.25, 0.3) is 0 Å². The van der Waals surface area contributed by atoms with Crippen LogP contribution in [0.1, 0.15) is 12.0 Å². The van der Waals surface area contributed by atoms with Crippen molar-refractivity contribution in [3.05, 3.63) is 23.8 Å². The first-order chi connectivity index (χ1) is 12.0. The Labute approximate surface area is 147 Å². The SMILES string of the molecule is O=C(C1CCS(=O)(=O)C1)N1CCN(Cc2ccc3c(c2)OCO3)CC1. The lowest BCUT2D eigenvalue weighted by Crippen LogP contribution is -2.50. The number of hydrogen-bond donors (Lipinski definition) is 0. The quantitative estimate of drug-likeness (QED) is 0.775. The van der Waals surface area contributed by atoms with Gasteiger partial charge in [0, 0.05) is 32.7 Å². The van der Waals surface area contributed by atoms with Crippen molar-refractivity contribution >= 4 is 15.7 Å². The fourth-order valence-electron chi connectivity index (χ4n) is 3.67. The Balaban J connectivity index is 1.30. The standard InChI is InChI=1S/C17H22N2O5S/c20-17(14-3-8-25(21,22)11-14)19-6-4-18(5-7-19)10-13-1-2-15-16(9-13)24-12-23-15/h1-2,9,14H,3-8,10-12H2. The number of carbonyl (C=O) groups excluding carboxylic acids is 1. The van der Waals surface area contributed by atoms with Crippen molar-refractivity contribution in [1.29, 1.82) is 0 Å². The van der Waals surface area contributed by atoms with Crippen molar-refractivity contribution in [2.45, 2.75) is 13.0 Å². The molecule has 0 bridgehead atoms. The summed E-state index contributed by atoms with van der Waals surface area (Å²) in [6.07, 6.45) is 0.471. The van der Waals surface area contributed by atoms with Crippen LogP contribution in [0.15, 0.2) is 18.2 Å². The molecule has 0 aromatic heterocycles. The van der Waals surface area contributed by atoms with Crippen molar-refractivity contribution in [2.75, 3.05) is 44.5 Å². The number of piperazine rings is 1. The molecule has 2 saturated heterocycles. The number of carbonyl (C=O) groups is 1. The smallest absolute Gasteiger partial charge is 0.231 e. The molecule has 3 aliphatic heterocycles. The van der Waals surface area contributed by atoms with Crippen LogP contribution in [-0.2, 0) is 21.2 Å². The molecule has 1 atom stereocenters. The molecule has 4 rings (SSSR count). The van der Waals surface area contributed by atoms with Gasteiger partial charge in [-0.2, -0.15) is 0 Å². The molecular formula is C17H22N2O5S. The molecule has 1 unspecified atom stereocenters. The largest absolute Gasteiger partial charge is 0.454 e. The van der Waals surface area contributed by atoms with Crippen molar-refractivity contribution < 1.29 is 22.7 Å². The van der Waals surface area contributed by atoms with E-state index in [1.165, 1.54) is 0 Å². The van der Waals surface area contributed by atoms with E-state index in [-0.39, 0.29) is 30.1 Å². The van der Waals surface area contributed by atoms with E-state index >= 15 is 0 Å². The van der Waals surface area contributed by atoms with Gasteiger partial charge < -0.3 is 14.4 Å². The number of benzene rings is 1. The van der Waals surface area contributed by atoms with Gasteiger partial charge >= 0.3 is 0 Å². The highest BCUT2D eigenvalue weighted by Crippen LogP contribution is 2.33. The maximum Gasteiger partial charge on any atom is 0.231 e. The van der Waals surface area contributed by atoms with Gasteiger partial charge in [0.2, 0.25) is 12.7 Å². The second-order valence-electron chi connectivity index (χ2n) is 6.89. The Morgan fingerprint density at radius 2 is 1.88 bits per heavy atom. The number of ether oxygens (including phenoxy) is 2. The summed E-state index contributed by atoms with van der Waals surface area (Å²) in [5.74, 6) is 1.39. The van der Waals surface area contributed by atoms with Crippen LogP contribution in [0.5, 0.6) is 11.5 Å². The number of hydrogen-bond acceptors (Lipinski definition) is 6.